The zero-order chi connectivity index (χ0) is 8.48. The molecule has 6 heteroatoms. The van der Waals surface area contributed by atoms with Crippen LogP contribution in [0.15, 0.2) is 0 Å². The Hall–Kier alpha value is 0.0900. The molecule has 0 aliphatic carbocycles. The van der Waals surface area contributed by atoms with Crippen molar-refractivity contribution in [2.45, 2.75) is 17.7 Å². The van der Waals surface area contributed by atoms with E-state index >= 15 is 0 Å². The van der Waals surface area contributed by atoms with Crippen molar-refractivity contribution in [1.29, 1.82) is 0 Å². The van der Waals surface area contributed by atoms with Crippen LogP contribution in [0.3, 0.4) is 0 Å². The van der Waals surface area contributed by atoms with Crippen LogP contribution in [0.4, 0.5) is 0 Å². The van der Waals surface area contributed by atoms with Gasteiger partial charge in [0.1, 0.15) is 11.7 Å². The number of halogens is 1. The first-order valence-electron chi connectivity index (χ1n) is 3.49. The van der Waals surface area contributed by atoms with Crippen molar-refractivity contribution < 1.29 is 20.4 Å². The van der Waals surface area contributed by atoms with Gasteiger partial charge in [-0.25, -0.2) is 0 Å². The van der Waals surface area contributed by atoms with E-state index in [1.807, 2.05) is 0 Å². The van der Waals surface area contributed by atoms with E-state index in [1.165, 1.54) is 0 Å². The van der Waals surface area contributed by atoms with E-state index in [0.717, 1.165) is 0 Å². The van der Waals surface area contributed by atoms with Gasteiger partial charge in [-0.05, 0) is 0 Å². The van der Waals surface area contributed by atoms with Crippen LogP contribution in [-0.2, 0) is 0 Å². The first-order valence-corrected chi connectivity index (χ1v) is 3.49. The molecule has 0 spiro atoms. The van der Waals surface area contributed by atoms with Gasteiger partial charge in [-0.15, -0.1) is 12.4 Å². The van der Waals surface area contributed by atoms with Gasteiger partial charge >= 0.3 is 0 Å². The first kappa shape index (κ1) is 12.1. The van der Waals surface area contributed by atoms with Crippen LogP contribution >= 0.6 is 12.4 Å². The Bertz CT molecular complexity index is 148. The maximum atomic E-state index is 9.40. The quantitative estimate of drug-likeness (QED) is 0.338. The van der Waals surface area contributed by atoms with E-state index in [2.05, 4.69) is 5.32 Å². The summed E-state index contributed by atoms with van der Waals surface area (Å²) in [5.41, 5.74) is -1.49. The summed E-state index contributed by atoms with van der Waals surface area (Å²) in [5.74, 6) is 0. The maximum Gasteiger partial charge on any atom is 0.127 e. The Labute approximate surface area is 76.4 Å². The zero-order valence-corrected chi connectivity index (χ0v) is 7.29. The van der Waals surface area contributed by atoms with Crippen molar-refractivity contribution in [2.75, 3.05) is 19.8 Å². The van der Waals surface area contributed by atoms with Crippen LogP contribution in [-0.4, -0.2) is 57.9 Å². The number of hydrogen-bond donors (Lipinski definition) is 5. The normalized spacial score (nSPS) is 41.0. The number of β-amino-alcohol motifs (C(OH)–C–C–N with tert-alkyl or cyclic N) is 1. The first-order chi connectivity index (χ1) is 5.14. The standard InChI is InChI=1S/C6H13NO4.ClH/c8-1-4-5(10)6(11,3-9)2-7-4;/h4-5,7-11H,1-3H2;1H/t4-,5-,6+;/m0./s1. The molecule has 0 aromatic carbocycles. The molecule has 5 nitrogen and oxygen atoms in total. The molecule has 5 N–H and O–H groups in total. The SMILES string of the molecule is Cl.OC[C@@H]1NC[C@@](O)(CO)[C@H]1O. The third-order valence-corrected chi connectivity index (χ3v) is 2.07. The smallest absolute Gasteiger partial charge is 0.127 e. The van der Waals surface area contributed by atoms with Crippen LogP contribution < -0.4 is 5.32 Å². The van der Waals surface area contributed by atoms with Crippen LogP contribution in [0.5, 0.6) is 0 Å². The summed E-state index contributed by atoms with van der Waals surface area (Å²) in [6.45, 7) is -0.642. The van der Waals surface area contributed by atoms with Gasteiger partial charge in [0.05, 0.1) is 19.3 Å². The topological polar surface area (TPSA) is 93.0 Å². The van der Waals surface area contributed by atoms with Gasteiger partial charge in [-0.3, -0.25) is 0 Å². The van der Waals surface area contributed by atoms with Crippen LogP contribution in [0.25, 0.3) is 0 Å². The predicted molar refractivity (Wildman–Crippen MR) is 44.2 cm³/mol. The molecule has 0 aromatic rings. The van der Waals surface area contributed by atoms with E-state index in [-0.39, 0.29) is 25.6 Å². The lowest BCUT2D eigenvalue weighted by molar-refractivity contribution is -0.0842. The molecule has 1 aliphatic rings. The van der Waals surface area contributed by atoms with Crippen molar-refractivity contribution in [3.8, 4) is 0 Å². The lowest BCUT2D eigenvalue weighted by Crippen LogP contribution is -2.47. The Kier molecular flexibility index (Phi) is 4.39. The molecule has 1 aliphatic heterocycles. The van der Waals surface area contributed by atoms with E-state index in [4.69, 9.17) is 10.2 Å². The molecule has 3 atom stereocenters. The summed E-state index contributed by atoms with van der Waals surface area (Å²) in [5, 5.41) is 38.7. The second-order valence-corrected chi connectivity index (χ2v) is 2.88. The molecular formula is C6H14ClNO4. The molecule has 12 heavy (non-hydrogen) atoms. The predicted octanol–water partition coefficient (Wildman–Crippen LogP) is -2.54. The van der Waals surface area contributed by atoms with Crippen molar-refractivity contribution in [3.05, 3.63) is 0 Å². The van der Waals surface area contributed by atoms with E-state index in [0.29, 0.717) is 0 Å². The molecule has 1 saturated heterocycles. The molecule has 1 heterocycles. The second-order valence-electron chi connectivity index (χ2n) is 2.88. The third kappa shape index (κ3) is 1.87. The monoisotopic (exact) mass is 199 g/mol. The fourth-order valence-corrected chi connectivity index (χ4v) is 1.21. The summed E-state index contributed by atoms with van der Waals surface area (Å²) in [4.78, 5) is 0. The van der Waals surface area contributed by atoms with Crippen LogP contribution in [0, 0.1) is 0 Å². The van der Waals surface area contributed by atoms with E-state index < -0.39 is 24.4 Å². The fourth-order valence-electron chi connectivity index (χ4n) is 1.21. The van der Waals surface area contributed by atoms with Gasteiger partial charge in [0, 0.05) is 6.54 Å². The lowest BCUT2D eigenvalue weighted by atomic mass is 9.98. The molecule has 0 bridgehead atoms. The molecular weight excluding hydrogens is 186 g/mol. The number of aliphatic hydroxyl groups is 4. The summed E-state index contributed by atoms with van der Waals surface area (Å²) >= 11 is 0. The summed E-state index contributed by atoms with van der Waals surface area (Å²) in [6.07, 6.45) is -1.10. The van der Waals surface area contributed by atoms with E-state index in [1.54, 1.807) is 0 Å². The minimum Gasteiger partial charge on any atom is -0.395 e. The minimum atomic E-state index is -1.49. The third-order valence-electron chi connectivity index (χ3n) is 2.07. The number of nitrogens with one attached hydrogen (secondary N) is 1. The molecule has 1 fully saturated rings. The molecule has 0 saturated carbocycles. The highest BCUT2D eigenvalue weighted by atomic mass is 35.5. The second kappa shape index (κ2) is 4.36. The Balaban J connectivity index is 0.00000121. The van der Waals surface area contributed by atoms with Gasteiger partial charge in [0.2, 0.25) is 0 Å². The molecule has 0 aromatic heterocycles. The fraction of sp³-hybridized carbons (Fsp3) is 1.00. The zero-order valence-electron chi connectivity index (χ0n) is 6.47. The average Bonchev–Trinajstić information content (AvgIpc) is 2.31. The highest BCUT2D eigenvalue weighted by molar-refractivity contribution is 5.85. The Morgan fingerprint density at radius 3 is 2.25 bits per heavy atom. The number of hydrogen-bond acceptors (Lipinski definition) is 5. The number of rotatable bonds is 2. The van der Waals surface area contributed by atoms with Crippen molar-refractivity contribution in [3.63, 3.8) is 0 Å². The largest absolute Gasteiger partial charge is 0.395 e. The Morgan fingerprint density at radius 1 is 1.42 bits per heavy atom. The van der Waals surface area contributed by atoms with Gasteiger partial charge in [0.25, 0.3) is 0 Å². The van der Waals surface area contributed by atoms with Gasteiger partial charge in [-0.2, -0.15) is 0 Å². The molecule has 1 rings (SSSR count). The van der Waals surface area contributed by atoms with Crippen molar-refractivity contribution >= 4 is 12.4 Å². The van der Waals surface area contributed by atoms with Gasteiger partial charge in [0.15, 0.2) is 0 Å². The molecule has 0 radical (unpaired) electrons. The van der Waals surface area contributed by atoms with Crippen molar-refractivity contribution in [1.82, 2.24) is 5.32 Å². The summed E-state index contributed by atoms with van der Waals surface area (Å²) in [6, 6.07) is -0.535. The molecule has 0 unspecified atom stereocenters. The summed E-state index contributed by atoms with van der Waals surface area (Å²) in [7, 11) is 0. The van der Waals surface area contributed by atoms with Crippen molar-refractivity contribution in [2.24, 2.45) is 0 Å². The lowest BCUT2D eigenvalue weighted by Gasteiger charge is -2.24. The maximum absolute atomic E-state index is 9.40. The summed E-state index contributed by atoms with van der Waals surface area (Å²) < 4.78 is 0. The number of aliphatic hydroxyl groups excluding tert-OH is 3. The minimum absolute atomic E-state index is 0. The average molecular weight is 200 g/mol. The van der Waals surface area contributed by atoms with Crippen LogP contribution in [0.2, 0.25) is 0 Å². The molecule has 0 amide bonds. The highest BCUT2D eigenvalue weighted by Gasteiger charge is 2.45. The molecule has 74 valence electrons. The Morgan fingerprint density at radius 2 is 2.00 bits per heavy atom. The highest BCUT2D eigenvalue weighted by Crippen LogP contribution is 2.18. The van der Waals surface area contributed by atoms with E-state index in [9.17, 15) is 10.2 Å². The van der Waals surface area contributed by atoms with Crippen LogP contribution in [0.1, 0.15) is 0 Å². The van der Waals surface area contributed by atoms with Gasteiger partial charge in [-0.1, -0.05) is 0 Å². The van der Waals surface area contributed by atoms with Gasteiger partial charge < -0.3 is 25.7 Å².